The molecule has 0 heterocycles. The number of aliphatic carboxylic acids is 1. The summed E-state index contributed by atoms with van der Waals surface area (Å²) in [5.41, 5.74) is 6.59. The third-order valence-electron chi connectivity index (χ3n) is 2.83. The Bertz CT molecular complexity index is 394. The van der Waals surface area contributed by atoms with Gasteiger partial charge in [-0.05, 0) is 25.3 Å². The fraction of sp³-hybridized carbons (Fsp3) is 0.385. The molecule has 1 aromatic rings. The van der Waals surface area contributed by atoms with Crippen molar-refractivity contribution in [2.45, 2.75) is 25.8 Å². The maximum atomic E-state index is 11.4. The number of carboxylic acid groups (broad SMARTS) is 1. The normalized spacial score (nSPS) is 13.2. The van der Waals surface area contributed by atoms with Crippen molar-refractivity contribution in [2.24, 2.45) is 11.7 Å². The van der Waals surface area contributed by atoms with Crippen molar-refractivity contribution in [3.05, 3.63) is 35.9 Å². The molecule has 2 atom stereocenters. The molecule has 0 saturated carbocycles. The third kappa shape index (κ3) is 4.85. The lowest BCUT2D eigenvalue weighted by Gasteiger charge is -2.17. The van der Waals surface area contributed by atoms with Gasteiger partial charge in [0.05, 0.1) is 0 Å². The van der Waals surface area contributed by atoms with Gasteiger partial charge in [0.1, 0.15) is 11.8 Å². The molecule has 0 aromatic heterocycles. The molecule has 0 bridgehead atoms. The van der Waals surface area contributed by atoms with Crippen molar-refractivity contribution in [3.63, 3.8) is 0 Å². The summed E-state index contributed by atoms with van der Waals surface area (Å²) in [6.07, 6.45) is 1.12. The van der Waals surface area contributed by atoms with E-state index in [4.69, 9.17) is 10.8 Å². The fourth-order valence-electron chi connectivity index (χ4n) is 1.77. The molecule has 0 radical (unpaired) electrons. The highest BCUT2D eigenvalue weighted by atomic mass is 35.5. The largest absolute Gasteiger partial charge is 0.480 e. The number of nitrogens with two attached hydrogens (primary N) is 1. The molecule has 5 heteroatoms. The smallest absolute Gasteiger partial charge is 0.321 e. The van der Waals surface area contributed by atoms with Gasteiger partial charge in [0.25, 0.3) is 0 Å². The maximum Gasteiger partial charge on any atom is 0.321 e. The first kappa shape index (κ1) is 16.6. The first-order valence-electron chi connectivity index (χ1n) is 5.55. The molecule has 4 nitrogen and oxygen atoms in total. The van der Waals surface area contributed by atoms with E-state index in [1.165, 1.54) is 6.92 Å². The minimum Gasteiger partial charge on any atom is -0.480 e. The van der Waals surface area contributed by atoms with Crippen LogP contribution in [-0.2, 0) is 16.0 Å². The minimum atomic E-state index is -1.13. The summed E-state index contributed by atoms with van der Waals surface area (Å²) in [5, 5.41) is 8.82. The van der Waals surface area contributed by atoms with E-state index in [9.17, 15) is 9.59 Å². The van der Waals surface area contributed by atoms with Crippen molar-refractivity contribution in [3.8, 4) is 0 Å². The number of carbonyl (C=O) groups is 2. The molecule has 0 amide bonds. The Kier molecular flexibility index (Phi) is 7.24. The van der Waals surface area contributed by atoms with Crippen LogP contribution in [0.25, 0.3) is 0 Å². The Hall–Kier alpha value is -1.39. The molecular weight excluding hydrogens is 254 g/mol. The number of halogens is 1. The van der Waals surface area contributed by atoms with E-state index >= 15 is 0 Å². The molecule has 1 rings (SSSR count). The highest BCUT2D eigenvalue weighted by molar-refractivity contribution is 5.86. The zero-order valence-corrected chi connectivity index (χ0v) is 11.0. The van der Waals surface area contributed by atoms with Crippen LogP contribution in [0.4, 0.5) is 0 Å². The number of Topliss-reactive ketones (excluding diaryl/α,β-unsaturated/α-hetero) is 1. The molecule has 0 spiro atoms. The van der Waals surface area contributed by atoms with E-state index in [0.29, 0.717) is 12.8 Å². The van der Waals surface area contributed by atoms with Crippen molar-refractivity contribution < 1.29 is 14.7 Å². The summed E-state index contributed by atoms with van der Waals surface area (Å²) in [7, 11) is 0. The zero-order valence-electron chi connectivity index (χ0n) is 10.2. The molecule has 0 aliphatic carbocycles. The van der Waals surface area contributed by atoms with Crippen molar-refractivity contribution in [1.29, 1.82) is 0 Å². The fourth-order valence-corrected chi connectivity index (χ4v) is 1.77. The Morgan fingerprint density at radius 3 is 2.28 bits per heavy atom. The summed E-state index contributed by atoms with van der Waals surface area (Å²) in [6, 6.07) is 8.52. The average molecular weight is 272 g/mol. The summed E-state index contributed by atoms with van der Waals surface area (Å²) < 4.78 is 0. The standard InChI is InChI=1S/C13H17NO3.ClH/c1-9(15)11(12(14)13(16)17)8-7-10-5-3-2-4-6-10;/h2-6,11-12H,7-8,14H2,1H3,(H,16,17);1H. The van der Waals surface area contributed by atoms with Crippen molar-refractivity contribution in [2.75, 3.05) is 0 Å². The summed E-state index contributed by atoms with van der Waals surface area (Å²) >= 11 is 0. The quantitative estimate of drug-likeness (QED) is 0.825. The van der Waals surface area contributed by atoms with Gasteiger partial charge >= 0.3 is 5.97 Å². The highest BCUT2D eigenvalue weighted by Gasteiger charge is 2.27. The number of carbonyl (C=O) groups excluding carboxylic acids is 1. The van der Waals surface area contributed by atoms with Crippen LogP contribution in [-0.4, -0.2) is 22.9 Å². The van der Waals surface area contributed by atoms with Gasteiger partial charge in [-0.25, -0.2) is 0 Å². The number of benzene rings is 1. The van der Waals surface area contributed by atoms with Gasteiger partial charge in [0, 0.05) is 5.92 Å². The molecule has 18 heavy (non-hydrogen) atoms. The second-order valence-corrected chi connectivity index (χ2v) is 4.11. The molecule has 0 aliphatic heterocycles. The second-order valence-electron chi connectivity index (χ2n) is 4.11. The SMILES string of the molecule is CC(=O)C(CCc1ccccc1)C(N)C(=O)O.Cl. The lowest BCUT2D eigenvalue weighted by Crippen LogP contribution is -2.41. The van der Waals surface area contributed by atoms with Crippen molar-refractivity contribution in [1.82, 2.24) is 0 Å². The number of ketones is 1. The van der Waals surface area contributed by atoms with Gasteiger partial charge in [0.2, 0.25) is 0 Å². The molecule has 2 unspecified atom stereocenters. The van der Waals surface area contributed by atoms with Gasteiger partial charge < -0.3 is 10.8 Å². The Labute approximate surface area is 113 Å². The van der Waals surface area contributed by atoms with E-state index in [-0.39, 0.29) is 18.2 Å². The van der Waals surface area contributed by atoms with Crippen LogP contribution in [0.15, 0.2) is 30.3 Å². The Balaban J connectivity index is 0.00000289. The molecule has 100 valence electrons. The highest BCUT2D eigenvalue weighted by Crippen LogP contribution is 2.14. The predicted octanol–water partition coefficient (Wildman–Crippen LogP) is 1.66. The van der Waals surface area contributed by atoms with Gasteiger partial charge in [0.15, 0.2) is 0 Å². The van der Waals surface area contributed by atoms with Crippen LogP contribution < -0.4 is 5.73 Å². The van der Waals surface area contributed by atoms with E-state index < -0.39 is 17.9 Å². The number of carboxylic acids is 1. The minimum absolute atomic E-state index is 0. The average Bonchev–Trinajstić information content (AvgIpc) is 2.29. The van der Waals surface area contributed by atoms with Crippen LogP contribution >= 0.6 is 12.4 Å². The molecule has 0 aliphatic rings. The molecule has 1 aromatic carbocycles. The summed E-state index contributed by atoms with van der Waals surface area (Å²) in [6.45, 7) is 1.39. The van der Waals surface area contributed by atoms with Gasteiger partial charge in [-0.2, -0.15) is 0 Å². The molecule has 0 saturated heterocycles. The van der Waals surface area contributed by atoms with E-state index in [2.05, 4.69) is 0 Å². The van der Waals surface area contributed by atoms with Crippen LogP contribution in [0.5, 0.6) is 0 Å². The number of hydrogen-bond acceptors (Lipinski definition) is 3. The predicted molar refractivity (Wildman–Crippen MR) is 71.8 cm³/mol. The first-order valence-corrected chi connectivity index (χ1v) is 5.55. The monoisotopic (exact) mass is 271 g/mol. The zero-order chi connectivity index (χ0) is 12.8. The van der Waals surface area contributed by atoms with Crippen LogP contribution in [0.3, 0.4) is 0 Å². The van der Waals surface area contributed by atoms with E-state index in [1.807, 2.05) is 30.3 Å². The van der Waals surface area contributed by atoms with Crippen LogP contribution in [0, 0.1) is 5.92 Å². The molecule has 3 N–H and O–H groups in total. The lowest BCUT2D eigenvalue weighted by atomic mass is 9.90. The van der Waals surface area contributed by atoms with Gasteiger partial charge in [-0.15, -0.1) is 12.4 Å². The summed E-state index contributed by atoms with van der Waals surface area (Å²) in [5.74, 6) is -1.92. The van der Waals surface area contributed by atoms with Crippen LogP contribution in [0.1, 0.15) is 18.9 Å². The maximum absolute atomic E-state index is 11.4. The number of rotatable bonds is 6. The van der Waals surface area contributed by atoms with Crippen molar-refractivity contribution >= 4 is 24.2 Å². The summed E-state index contributed by atoms with van der Waals surface area (Å²) in [4.78, 5) is 22.1. The Morgan fingerprint density at radius 1 is 1.28 bits per heavy atom. The van der Waals surface area contributed by atoms with E-state index in [1.54, 1.807) is 0 Å². The third-order valence-corrected chi connectivity index (χ3v) is 2.83. The van der Waals surface area contributed by atoms with E-state index in [0.717, 1.165) is 5.56 Å². The van der Waals surface area contributed by atoms with Gasteiger partial charge in [-0.3, -0.25) is 9.59 Å². The molecule has 0 fully saturated rings. The first-order chi connectivity index (χ1) is 8.02. The Morgan fingerprint density at radius 2 is 1.83 bits per heavy atom. The topological polar surface area (TPSA) is 80.4 Å². The lowest BCUT2D eigenvalue weighted by molar-refractivity contribution is -0.142. The second kappa shape index (κ2) is 7.84. The molecular formula is C13H18ClNO3. The number of aryl methyl sites for hydroxylation is 1. The number of hydrogen-bond donors (Lipinski definition) is 2. The van der Waals surface area contributed by atoms with Crippen LogP contribution in [0.2, 0.25) is 0 Å². The van der Waals surface area contributed by atoms with Gasteiger partial charge in [-0.1, -0.05) is 30.3 Å².